The Bertz CT molecular complexity index is 700. The lowest BCUT2D eigenvalue weighted by molar-refractivity contribution is 0.0696. The van der Waals surface area contributed by atoms with Crippen LogP contribution >= 0.6 is 0 Å². The van der Waals surface area contributed by atoms with E-state index in [1.807, 2.05) is 32.0 Å². The largest absolute Gasteiger partial charge is 0.478 e. The molecule has 0 unspecified atom stereocenters. The van der Waals surface area contributed by atoms with E-state index < -0.39 is 5.97 Å². The van der Waals surface area contributed by atoms with Gasteiger partial charge in [0.15, 0.2) is 0 Å². The topological polar surface area (TPSA) is 66.4 Å². The molecule has 1 amide bonds. The molecule has 0 fully saturated rings. The normalized spacial score (nSPS) is 10.2. The maximum Gasteiger partial charge on any atom is 0.335 e. The Morgan fingerprint density at radius 3 is 2.00 bits per heavy atom. The zero-order chi connectivity index (χ0) is 15.6. The molecule has 2 aromatic carbocycles. The standard InChI is InChI=1S/C17H17NO3/c1-10-6-4-7-11(2)15(10)18-16(19)13-8-5-9-14(12(13)3)17(20)21/h4-9H,1-3H3,(H,18,19)(H,20,21). The van der Waals surface area contributed by atoms with Crippen LogP contribution in [0.25, 0.3) is 0 Å². The Labute approximate surface area is 123 Å². The van der Waals surface area contributed by atoms with Crippen molar-refractivity contribution in [1.82, 2.24) is 0 Å². The van der Waals surface area contributed by atoms with Crippen molar-refractivity contribution >= 4 is 17.6 Å². The van der Waals surface area contributed by atoms with Crippen molar-refractivity contribution in [2.45, 2.75) is 20.8 Å². The first-order valence-electron chi connectivity index (χ1n) is 6.62. The van der Waals surface area contributed by atoms with Crippen molar-refractivity contribution < 1.29 is 14.7 Å². The molecular weight excluding hydrogens is 266 g/mol. The molecule has 4 heteroatoms. The number of aryl methyl sites for hydroxylation is 2. The van der Waals surface area contributed by atoms with E-state index in [1.54, 1.807) is 19.1 Å². The number of rotatable bonds is 3. The maximum atomic E-state index is 12.4. The number of carbonyl (C=O) groups is 2. The van der Waals surface area contributed by atoms with Gasteiger partial charge in [0.1, 0.15) is 0 Å². The summed E-state index contributed by atoms with van der Waals surface area (Å²) in [4.78, 5) is 23.5. The third-order valence-corrected chi connectivity index (χ3v) is 3.53. The highest BCUT2D eigenvalue weighted by Gasteiger charge is 2.16. The van der Waals surface area contributed by atoms with Crippen LogP contribution in [-0.4, -0.2) is 17.0 Å². The lowest BCUT2D eigenvalue weighted by Crippen LogP contribution is -2.16. The lowest BCUT2D eigenvalue weighted by Gasteiger charge is -2.13. The van der Waals surface area contributed by atoms with Gasteiger partial charge in [0, 0.05) is 11.3 Å². The predicted octanol–water partition coefficient (Wildman–Crippen LogP) is 3.56. The summed E-state index contributed by atoms with van der Waals surface area (Å²) in [5.74, 6) is -1.33. The molecule has 0 saturated carbocycles. The Balaban J connectivity index is 2.38. The number of carboxylic acid groups (broad SMARTS) is 1. The minimum Gasteiger partial charge on any atom is -0.478 e. The van der Waals surface area contributed by atoms with Crippen molar-refractivity contribution in [3.05, 3.63) is 64.2 Å². The van der Waals surface area contributed by atoms with Gasteiger partial charge in [-0.1, -0.05) is 24.3 Å². The van der Waals surface area contributed by atoms with E-state index in [-0.39, 0.29) is 11.5 Å². The number of carboxylic acids is 1. The molecule has 0 aliphatic heterocycles. The molecular formula is C17H17NO3. The van der Waals surface area contributed by atoms with Crippen molar-refractivity contribution in [1.29, 1.82) is 0 Å². The van der Waals surface area contributed by atoms with Gasteiger partial charge in [-0.25, -0.2) is 4.79 Å². The van der Waals surface area contributed by atoms with Gasteiger partial charge in [-0.05, 0) is 49.6 Å². The number of aromatic carboxylic acids is 1. The molecule has 0 atom stereocenters. The van der Waals surface area contributed by atoms with E-state index in [9.17, 15) is 9.59 Å². The number of anilines is 1. The third kappa shape index (κ3) is 2.94. The van der Waals surface area contributed by atoms with Crippen molar-refractivity contribution in [3.63, 3.8) is 0 Å². The lowest BCUT2D eigenvalue weighted by atomic mass is 10.0. The highest BCUT2D eigenvalue weighted by atomic mass is 16.4. The SMILES string of the molecule is Cc1cccc(C)c1NC(=O)c1cccc(C(=O)O)c1C. The van der Waals surface area contributed by atoms with Gasteiger partial charge in [0.05, 0.1) is 5.56 Å². The summed E-state index contributed by atoms with van der Waals surface area (Å²) in [6.07, 6.45) is 0. The average Bonchev–Trinajstić information content (AvgIpc) is 2.42. The molecule has 21 heavy (non-hydrogen) atoms. The molecule has 0 aliphatic carbocycles. The van der Waals surface area contributed by atoms with E-state index >= 15 is 0 Å². The summed E-state index contributed by atoms with van der Waals surface area (Å²) in [6, 6.07) is 10.5. The molecule has 0 aliphatic rings. The summed E-state index contributed by atoms with van der Waals surface area (Å²) in [6.45, 7) is 5.48. The number of carbonyl (C=O) groups excluding carboxylic acids is 1. The molecule has 0 heterocycles. The van der Waals surface area contributed by atoms with Crippen LogP contribution in [0, 0.1) is 20.8 Å². The fraction of sp³-hybridized carbons (Fsp3) is 0.176. The van der Waals surface area contributed by atoms with Crippen molar-refractivity contribution in [3.8, 4) is 0 Å². The molecule has 108 valence electrons. The second-order valence-electron chi connectivity index (χ2n) is 5.00. The van der Waals surface area contributed by atoms with Gasteiger partial charge >= 0.3 is 5.97 Å². The molecule has 2 N–H and O–H groups in total. The second-order valence-corrected chi connectivity index (χ2v) is 5.00. The molecule has 2 aromatic rings. The van der Waals surface area contributed by atoms with Crippen LogP contribution in [-0.2, 0) is 0 Å². The number of para-hydroxylation sites is 1. The first-order valence-corrected chi connectivity index (χ1v) is 6.62. The van der Waals surface area contributed by atoms with Crippen LogP contribution in [0.4, 0.5) is 5.69 Å². The van der Waals surface area contributed by atoms with E-state index in [2.05, 4.69) is 5.32 Å². The van der Waals surface area contributed by atoms with Crippen LogP contribution < -0.4 is 5.32 Å². The molecule has 4 nitrogen and oxygen atoms in total. The molecule has 0 saturated heterocycles. The monoisotopic (exact) mass is 283 g/mol. The minimum atomic E-state index is -1.03. The number of benzene rings is 2. The molecule has 0 radical (unpaired) electrons. The van der Waals surface area contributed by atoms with Gasteiger partial charge in [0.2, 0.25) is 0 Å². The van der Waals surface area contributed by atoms with Crippen LogP contribution in [0.15, 0.2) is 36.4 Å². The second kappa shape index (κ2) is 5.79. The van der Waals surface area contributed by atoms with Crippen molar-refractivity contribution in [2.24, 2.45) is 0 Å². The summed E-state index contributed by atoms with van der Waals surface area (Å²) in [5, 5.41) is 12.0. The highest BCUT2D eigenvalue weighted by molar-refractivity contribution is 6.07. The van der Waals surface area contributed by atoms with E-state index in [0.717, 1.165) is 16.8 Å². The minimum absolute atomic E-state index is 0.143. The van der Waals surface area contributed by atoms with Gasteiger partial charge < -0.3 is 10.4 Å². The fourth-order valence-electron chi connectivity index (χ4n) is 2.31. The van der Waals surface area contributed by atoms with Gasteiger partial charge in [-0.2, -0.15) is 0 Å². The predicted molar refractivity (Wildman–Crippen MR) is 82.0 cm³/mol. The van der Waals surface area contributed by atoms with Crippen LogP contribution in [0.5, 0.6) is 0 Å². The Morgan fingerprint density at radius 2 is 1.43 bits per heavy atom. The van der Waals surface area contributed by atoms with Gasteiger partial charge in [-0.3, -0.25) is 4.79 Å². The summed E-state index contributed by atoms with van der Waals surface area (Å²) in [5.41, 5.74) is 3.68. The van der Waals surface area contributed by atoms with Crippen LogP contribution in [0.3, 0.4) is 0 Å². The number of nitrogens with one attached hydrogen (secondary N) is 1. The van der Waals surface area contributed by atoms with E-state index in [0.29, 0.717) is 11.1 Å². The first kappa shape index (κ1) is 14.8. The zero-order valence-corrected chi connectivity index (χ0v) is 12.2. The van der Waals surface area contributed by atoms with Gasteiger partial charge in [-0.15, -0.1) is 0 Å². The van der Waals surface area contributed by atoms with E-state index in [1.165, 1.54) is 6.07 Å². The smallest absolute Gasteiger partial charge is 0.335 e. The Kier molecular flexibility index (Phi) is 4.08. The quantitative estimate of drug-likeness (QED) is 0.905. The third-order valence-electron chi connectivity index (χ3n) is 3.53. The molecule has 2 rings (SSSR count). The Morgan fingerprint density at radius 1 is 0.905 bits per heavy atom. The van der Waals surface area contributed by atoms with E-state index in [4.69, 9.17) is 5.11 Å². The summed E-state index contributed by atoms with van der Waals surface area (Å²) < 4.78 is 0. The Hall–Kier alpha value is -2.62. The maximum absolute atomic E-state index is 12.4. The number of amides is 1. The highest BCUT2D eigenvalue weighted by Crippen LogP contribution is 2.22. The molecule has 0 bridgehead atoms. The summed E-state index contributed by atoms with van der Waals surface area (Å²) in [7, 11) is 0. The molecule has 0 aromatic heterocycles. The molecule has 0 spiro atoms. The summed E-state index contributed by atoms with van der Waals surface area (Å²) >= 11 is 0. The number of hydrogen-bond donors (Lipinski definition) is 2. The van der Waals surface area contributed by atoms with Gasteiger partial charge in [0.25, 0.3) is 5.91 Å². The van der Waals surface area contributed by atoms with Crippen LogP contribution in [0.1, 0.15) is 37.4 Å². The fourth-order valence-corrected chi connectivity index (χ4v) is 2.31. The van der Waals surface area contributed by atoms with Crippen molar-refractivity contribution in [2.75, 3.05) is 5.32 Å². The zero-order valence-electron chi connectivity index (χ0n) is 12.2. The number of hydrogen-bond acceptors (Lipinski definition) is 2. The first-order chi connectivity index (χ1) is 9.91. The van der Waals surface area contributed by atoms with Crippen LogP contribution in [0.2, 0.25) is 0 Å². The average molecular weight is 283 g/mol.